The minimum absolute atomic E-state index is 0.00389. The molecule has 1 aromatic rings. The quantitative estimate of drug-likeness (QED) is 0.641. The first-order chi connectivity index (χ1) is 9.44. The van der Waals surface area contributed by atoms with Crippen molar-refractivity contribution in [3.05, 3.63) is 27.4 Å². The van der Waals surface area contributed by atoms with Gasteiger partial charge in [0.05, 0.1) is 0 Å². The Hall–Kier alpha value is -2.72. The second kappa shape index (κ2) is 5.95. The zero-order valence-electron chi connectivity index (χ0n) is 10.7. The van der Waals surface area contributed by atoms with Crippen molar-refractivity contribution < 1.29 is 4.39 Å². The van der Waals surface area contributed by atoms with E-state index in [1.54, 1.807) is 38.1 Å². The number of halogens is 1. The Kier molecular flexibility index (Phi) is 4.56. The molecule has 0 heterocycles. The molecule has 0 aliphatic carbocycles. The van der Waals surface area contributed by atoms with Crippen molar-refractivity contribution in [3.63, 3.8) is 0 Å². The molecule has 0 fully saturated rings. The van der Waals surface area contributed by atoms with E-state index in [9.17, 15) is 4.39 Å². The fourth-order valence-electron chi connectivity index (χ4n) is 1.88. The van der Waals surface area contributed by atoms with E-state index in [1.165, 1.54) is 0 Å². The molecule has 96 valence electrons. The Labute approximate surface area is 117 Å². The zero-order valence-corrected chi connectivity index (χ0v) is 11.9. The topological polar surface area (TPSA) is 95.2 Å². The monoisotopic (exact) mass is 282 g/mol. The summed E-state index contributed by atoms with van der Waals surface area (Å²) in [5, 5.41) is 35.7. The minimum Gasteiger partial charge on any atom is -0.206 e. The Morgan fingerprint density at radius 2 is 1.20 bits per heavy atom. The van der Waals surface area contributed by atoms with E-state index in [4.69, 9.17) is 21.0 Å². The van der Waals surface area contributed by atoms with Crippen LogP contribution >= 0.6 is 9.24 Å². The van der Waals surface area contributed by atoms with E-state index in [0.717, 1.165) is 0 Å². The summed E-state index contributed by atoms with van der Waals surface area (Å²) < 4.78 is 14.4. The highest BCUT2D eigenvalue weighted by Crippen LogP contribution is 2.04. The van der Waals surface area contributed by atoms with Crippen LogP contribution in [0.5, 0.6) is 0 Å². The maximum atomic E-state index is 14.4. The number of rotatable bonds is 0. The van der Waals surface area contributed by atoms with E-state index in [1.807, 2.05) is 0 Å². The lowest BCUT2D eigenvalue weighted by molar-refractivity contribution is 0.624. The molecule has 1 rings (SSSR count). The van der Waals surface area contributed by atoms with Gasteiger partial charge in [0.1, 0.15) is 41.2 Å². The molecule has 0 bridgehead atoms. The van der Waals surface area contributed by atoms with Crippen molar-refractivity contribution in [2.75, 3.05) is 0 Å². The number of nitrogens with zero attached hydrogens (tertiary/aromatic N) is 4. The molecule has 0 saturated heterocycles. The van der Waals surface area contributed by atoms with Gasteiger partial charge in [-0.1, -0.05) is 0 Å². The van der Waals surface area contributed by atoms with Crippen LogP contribution in [0.4, 0.5) is 4.39 Å². The molecule has 0 amide bonds. The van der Waals surface area contributed by atoms with Gasteiger partial charge in [0.15, 0.2) is 0 Å². The molecule has 6 heteroatoms. The second-order valence-electron chi connectivity index (χ2n) is 3.92. The Balaban J connectivity index is 4.35. The van der Waals surface area contributed by atoms with Crippen molar-refractivity contribution >= 4 is 25.7 Å². The van der Waals surface area contributed by atoms with E-state index >= 15 is 0 Å². The molecule has 20 heavy (non-hydrogen) atoms. The Morgan fingerprint density at radius 3 is 1.60 bits per heavy atom. The molecule has 1 aromatic carbocycles. The van der Waals surface area contributed by atoms with Crippen molar-refractivity contribution in [1.82, 2.24) is 0 Å². The highest BCUT2D eigenvalue weighted by Gasteiger charge is 2.15. The van der Waals surface area contributed by atoms with Gasteiger partial charge in [-0.25, -0.2) is 4.39 Å². The molecule has 0 N–H and O–H groups in total. The average molecular weight is 282 g/mol. The van der Waals surface area contributed by atoms with Crippen LogP contribution in [0.2, 0.25) is 0 Å². The highest BCUT2D eigenvalue weighted by atomic mass is 31.0. The van der Waals surface area contributed by atoms with Gasteiger partial charge in [-0.05, 0) is 25.0 Å². The molecule has 4 nitrogen and oxygen atoms in total. The third-order valence-corrected chi connectivity index (χ3v) is 3.53. The molecule has 0 aliphatic rings. The van der Waals surface area contributed by atoms with Crippen LogP contribution in [0.1, 0.15) is 11.1 Å². The number of hydrogen-bond donors (Lipinski definition) is 0. The molecule has 1 unspecified atom stereocenters. The summed E-state index contributed by atoms with van der Waals surface area (Å²) in [6.07, 6.45) is 0. The minimum atomic E-state index is -0.783. The predicted molar refractivity (Wildman–Crippen MR) is 73.7 cm³/mol. The number of nitriles is 4. The molecule has 0 saturated carbocycles. The number of hydrogen-bond acceptors (Lipinski definition) is 4. The summed E-state index contributed by atoms with van der Waals surface area (Å²) in [7, 11) is 2.12. The van der Waals surface area contributed by atoms with Gasteiger partial charge in [0, 0.05) is 15.7 Å². The first kappa shape index (κ1) is 15.3. The third-order valence-electron chi connectivity index (χ3n) is 2.99. The maximum absolute atomic E-state index is 14.4. The van der Waals surface area contributed by atoms with Crippen molar-refractivity contribution in [3.8, 4) is 24.3 Å². The lowest BCUT2D eigenvalue weighted by atomic mass is 9.99. The summed E-state index contributed by atoms with van der Waals surface area (Å²) in [5.74, 6) is -0.783. The largest absolute Gasteiger partial charge is 0.206 e. The molecule has 0 radical (unpaired) electrons. The smallest absolute Gasteiger partial charge is 0.140 e. The third kappa shape index (κ3) is 2.24. The summed E-state index contributed by atoms with van der Waals surface area (Å²) >= 11 is 0. The van der Waals surface area contributed by atoms with Gasteiger partial charge in [0.25, 0.3) is 0 Å². The Morgan fingerprint density at radius 1 is 0.850 bits per heavy atom. The average Bonchev–Trinajstić information content (AvgIpc) is 2.46. The standard InChI is InChI=1S/C14H8FN4P/c1-7-8(2)12(10(5-18)6-19)14(20)13(15)11(7)9(3-16)4-17/h20H2,1-2H3. The van der Waals surface area contributed by atoms with Crippen LogP contribution < -0.4 is 15.7 Å². The van der Waals surface area contributed by atoms with Crippen molar-refractivity contribution in [2.24, 2.45) is 0 Å². The summed E-state index contributed by atoms with van der Waals surface area (Å²) in [5.41, 5.74) is 0.308. The van der Waals surface area contributed by atoms with Gasteiger partial charge in [0.2, 0.25) is 0 Å². The molecular weight excluding hydrogens is 274 g/mol. The second-order valence-corrected chi connectivity index (χ2v) is 4.50. The summed E-state index contributed by atoms with van der Waals surface area (Å²) in [4.78, 5) is 0. The van der Waals surface area contributed by atoms with E-state index in [2.05, 4.69) is 9.24 Å². The first-order valence-electron chi connectivity index (χ1n) is 5.37. The lowest BCUT2D eigenvalue weighted by Gasteiger charge is -2.08. The van der Waals surface area contributed by atoms with Crippen LogP contribution in [0.25, 0.3) is 11.1 Å². The van der Waals surface area contributed by atoms with Crippen LogP contribution in [0, 0.1) is 65.0 Å². The molecule has 0 spiro atoms. The van der Waals surface area contributed by atoms with Crippen LogP contribution in [-0.4, -0.2) is 0 Å². The normalized spacial score (nSPS) is 8.80. The van der Waals surface area contributed by atoms with Gasteiger partial charge in [-0.15, -0.1) is 9.24 Å². The van der Waals surface area contributed by atoms with E-state index in [-0.39, 0.29) is 26.9 Å². The highest BCUT2D eigenvalue weighted by molar-refractivity contribution is 7.27. The molecular formula is C14H8FN4P. The fourth-order valence-corrected chi connectivity index (χ4v) is 2.38. The van der Waals surface area contributed by atoms with Gasteiger partial charge >= 0.3 is 0 Å². The van der Waals surface area contributed by atoms with E-state index < -0.39 is 5.82 Å². The predicted octanol–water partition coefficient (Wildman–Crippen LogP) is 0.339. The van der Waals surface area contributed by atoms with Gasteiger partial charge in [-0.2, -0.15) is 21.0 Å². The van der Waals surface area contributed by atoms with Crippen LogP contribution in [0.3, 0.4) is 0 Å². The van der Waals surface area contributed by atoms with Crippen molar-refractivity contribution in [2.45, 2.75) is 13.8 Å². The van der Waals surface area contributed by atoms with E-state index in [0.29, 0.717) is 11.1 Å². The lowest BCUT2D eigenvalue weighted by Crippen LogP contribution is -2.36. The molecule has 1 atom stereocenters. The number of benzene rings is 1. The van der Waals surface area contributed by atoms with Crippen LogP contribution in [-0.2, 0) is 0 Å². The molecule has 0 aliphatic heterocycles. The molecule has 0 aromatic heterocycles. The van der Waals surface area contributed by atoms with Crippen LogP contribution in [0.15, 0.2) is 0 Å². The van der Waals surface area contributed by atoms with Gasteiger partial charge in [-0.3, -0.25) is 0 Å². The van der Waals surface area contributed by atoms with Crippen molar-refractivity contribution in [1.29, 1.82) is 21.0 Å². The van der Waals surface area contributed by atoms with Gasteiger partial charge < -0.3 is 0 Å². The maximum Gasteiger partial charge on any atom is 0.140 e. The Bertz CT molecular complexity index is 744. The summed E-state index contributed by atoms with van der Waals surface area (Å²) in [6, 6.07) is 6.74. The zero-order chi connectivity index (χ0) is 15.4. The SMILES string of the molecule is Cc1c(C)c(=C(C#N)C#N)c(P)c(F)c1=C(C#N)C#N. The summed E-state index contributed by atoms with van der Waals surface area (Å²) in [6.45, 7) is 3.16. The first-order valence-corrected chi connectivity index (χ1v) is 5.95. The fraction of sp³-hybridized carbons (Fsp3) is 0.143.